The van der Waals surface area contributed by atoms with E-state index in [-0.39, 0.29) is 49.3 Å². The second-order valence-electron chi connectivity index (χ2n) is 15.1. The highest BCUT2D eigenvalue weighted by atomic mass is 16.7. The molecule has 0 saturated carbocycles. The first kappa shape index (κ1) is 48.0. The van der Waals surface area contributed by atoms with Gasteiger partial charge in [0, 0.05) is 45.0 Å². The van der Waals surface area contributed by atoms with Crippen LogP contribution in [0.4, 0.5) is 0 Å². The van der Waals surface area contributed by atoms with Crippen LogP contribution in [0.15, 0.2) is 36.0 Å². The molecule has 2 rings (SSSR count). The Labute approximate surface area is 325 Å². The number of hydrogen-bond donors (Lipinski definition) is 1. The van der Waals surface area contributed by atoms with Crippen LogP contribution in [0.3, 0.4) is 0 Å². The molecule has 2 aliphatic heterocycles. The highest BCUT2D eigenvalue weighted by Gasteiger charge is 2.49. The lowest BCUT2D eigenvalue weighted by molar-refractivity contribution is -0.181. The summed E-state index contributed by atoms with van der Waals surface area (Å²) in [4.78, 5) is 25.5. The first-order valence-electron chi connectivity index (χ1n) is 20.0. The Kier molecular flexibility index (Phi) is 20.6. The first-order valence-corrected chi connectivity index (χ1v) is 20.0. The molecule has 2 heterocycles. The van der Waals surface area contributed by atoms with E-state index in [0.29, 0.717) is 32.7 Å². The van der Waals surface area contributed by atoms with Gasteiger partial charge in [-0.15, -0.1) is 0 Å². The van der Waals surface area contributed by atoms with E-state index >= 15 is 0 Å². The molecule has 12 nitrogen and oxygen atoms in total. The predicted octanol–water partition coefficient (Wildman–Crippen LogP) is 7.36. The lowest BCUT2D eigenvalue weighted by Crippen LogP contribution is -2.42. The van der Waals surface area contributed by atoms with Crippen LogP contribution in [-0.4, -0.2) is 104 Å². The molecule has 0 aromatic heterocycles. The molecule has 12 heteroatoms. The molecular formula is C42H72O12. The maximum atomic E-state index is 13.5. The summed E-state index contributed by atoms with van der Waals surface area (Å²) >= 11 is 0. The molecule has 2 aliphatic rings. The normalized spacial score (nSPS) is 31.6. The number of carbonyl (C=O) groups is 2. The lowest BCUT2D eigenvalue weighted by Gasteiger charge is -2.33. The van der Waals surface area contributed by atoms with Crippen molar-refractivity contribution in [2.75, 3.05) is 19.8 Å². The molecule has 1 N–H and O–H groups in total. The van der Waals surface area contributed by atoms with E-state index in [1.807, 2.05) is 79.7 Å². The van der Waals surface area contributed by atoms with E-state index < -0.39 is 54.0 Å². The minimum Gasteiger partial charge on any atom is -0.457 e. The zero-order valence-electron chi connectivity index (χ0n) is 35.3. The minimum atomic E-state index is -1.41. The zero-order chi connectivity index (χ0) is 40.6. The van der Waals surface area contributed by atoms with Gasteiger partial charge in [0.2, 0.25) is 0 Å². The van der Waals surface area contributed by atoms with Crippen LogP contribution in [0, 0.1) is 11.8 Å². The van der Waals surface area contributed by atoms with Crippen molar-refractivity contribution in [3.05, 3.63) is 36.0 Å². The van der Waals surface area contributed by atoms with E-state index in [1.54, 1.807) is 19.9 Å². The van der Waals surface area contributed by atoms with Crippen molar-refractivity contribution in [2.24, 2.45) is 11.8 Å². The summed E-state index contributed by atoms with van der Waals surface area (Å²) in [6, 6.07) is 0. The molecule has 1 saturated heterocycles. The SMILES string of the molecule is CCOC(C)OC1CCC(C)(O)C(OC(C)=O)/C=C\C(C)C(/C(C)=C/C=C/C(C)(CC2OC2C(C)C(CC)OC(C)OCC)OC(C)OCC)OC(=O)C1. The Hall–Kier alpha value is -2.16. The average Bonchev–Trinajstić information content (AvgIpc) is 3.84. The van der Waals surface area contributed by atoms with Gasteiger partial charge in [-0.2, -0.15) is 0 Å². The van der Waals surface area contributed by atoms with Crippen LogP contribution in [0.2, 0.25) is 0 Å². The quantitative estimate of drug-likeness (QED) is 0.0410. The van der Waals surface area contributed by atoms with Crippen LogP contribution in [0.5, 0.6) is 0 Å². The van der Waals surface area contributed by atoms with E-state index in [0.717, 1.165) is 12.0 Å². The number of carbonyl (C=O) groups excluding carboxylic acids is 2. The molecule has 0 bridgehead atoms. The Morgan fingerprint density at radius 2 is 1.65 bits per heavy atom. The van der Waals surface area contributed by atoms with E-state index in [4.69, 9.17) is 42.6 Å². The van der Waals surface area contributed by atoms with Gasteiger partial charge in [-0.25, -0.2) is 0 Å². The Bertz CT molecular complexity index is 1220. The Morgan fingerprint density at radius 3 is 2.26 bits per heavy atom. The molecule has 0 radical (unpaired) electrons. The summed E-state index contributed by atoms with van der Waals surface area (Å²) in [5, 5.41) is 11.5. The molecule has 0 aromatic rings. The van der Waals surface area contributed by atoms with Gasteiger partial charge in [0.1, 0.15) is 17.8 Å². The fourth-order valence-electron chi connectivity index (χ4n) is 7.09. The van der Waals surface area contributed by atoms with Crippen molar-refractivity contribution in [1.29, 1.82) is 0 Å². The fourth-order valence-corrected chi connectivity index (χ4v) is 7.09. The summed E-state index contributed by atoms with van der Waals surface area (Å²) in [5.74, 6) is -1.13. The van der Waals surface area contributed by atoms with Crippen molar-refractivity contribution in [2.45, 2.75) is 189 Å². The molecule has 312 valence electrons. The van der Waals surface area contributed by atoms with Gasteiger partial charge in [-0.05, 0) is 93.2 Å². The third-order valence-electron chi connectivity index (χ3n) is 9.98. The Morgan fingerprint density at radius 1 is 1.02 bits per heavy atom. The standard InChI is InChI=1S/C42H72O12/c1-14-35(51-32(10)47-16-3)29(7)40-36(52-40)26-41(12,54-33(11)48-17-4)23-18-19-27(5)39-28(6)20-21-37(49-30(8)43)42(13,45)24-22-34(25-38(44)53-39)50-31(9)46-15-2/h18-21,23,28-29,31-37,39-40,45H,14-17,22,24-26H2,1-13H3/b21-20-,23-18+,27-19+. The third kappa shape index (κ3) is 16.5. The second kappa shape index (κ2) is 23.2. The summed E-state index contributed by atoms with van der Waals surface area (Å²) in [6.07, 6.45) is 7.71. The van der Waals surface area contributed by atoms with E-state index in [9.17, 15) is 14.7 Å². The second-order valence-corrected chi connectivity index (χ2v) is 15.1. The number of allylic oxidation sites excluding steroid dienone is 2. The van der Waals surface area contributed by atoms with Crippen molar-refractivity contribution in [1.82, 2.24) is 0 Å². The Balaban J connectivity index is 2.38. The van der Waals surface area contributed by atoms with Crippen molar-refractivity contribution in [3.63, 3.8) is 0 Å². The summed E-state index contributed by atoms with van der Waals surface area (Å²) in [6.45, 7) is 25.9. The number of epoxide rings is 1. The summed E-state index contributed by atoms with van der Waals surface area (Å²) in [7, 11) is 0. The minimum absolute atomic E-state index is 0.00719. The topological polar surface area (TPSA) is 141 Å². The zero-order valence-corrected chi connectivity index (χ0v) is 35.3. The molecule has 13 atom stereocenters. The van der Waals surface area contributed by atoms with Gasteiger partial charge in [0.25, 0.3) is 0 Å². The lowest BCUT2D eigenvalue weighted by atomic mass is 9.88. The van der Waals surface area contributed by atoms with Crippen LogP contribution in [-0.2, 0) is 52.2 Å². The van der Waals surface area contributed by atoms with Crippen LogP contribution in [0.1, 0.15) is 122 Å². The van der Waals surface area contributed by atoms with Gasteiger partial charge in [-0.1, -0.05) is 45.1 Å². The van der Waals surface area contributed by atoms with Gasteiger partial charge < -0.3 is 47.7 Å². The van der Waals surface area contributed by atoms with Crippen molar-refractivity contribution >= 4 is 11.9 Å². The molecule has 13 unspecified atom stereocenters. The van der Waals surface area contributed by atoms with Gasteiger partial charge in [0.15, 0.2) is 18.9 Å². The van der Waals surface area contributed by atoms with E-state index in [2.05, 4.69) is 13.8 Å². The fraction of sp³-hybridized carbons (Fsp3) is 0.810. The van der Waals surface area contributed by atoms with Crippen LogP contribution >= 0.6 is 0 Å². The molecule has 0 aromatic carbocycles. The van der Waals surface area contributed by atoms with Gasteiger partial charge in [-0.3, -0.25) is 9.59 Å². The number of aliphatic hydroxyl groups is 1. The summed E-state index contributed by atoms with van der Waals surface area (Å²) in [5.41, 5.74) is -1.38. The van der Waals surface area contributed by atoms with Gasteiger partial charge >= 0.3 is 11.9 Å². The summed E-state index contributed by atoms with van der Waals surface area (Å²) < 4.78 is 53.6. The highest BCUT2D eigenvalue weighted by Crippen LogP contribution is 2.40. The number of rotatable bonds is 21. The maximum absolute atomic E-state index is 13.5. The van der Waals surface area contributed by atoms with Crippen molar-refractivity contribution < 1.29 is 57.3 Å². The molecule has 0 aliphatic carbocycles. The van der Waals surface area contributed by atoms with Crippen LogP contribution < -0.4 is 0 Å². The molecular weight excluding hydrogens is 696 g/mol. The molecule has 54 heavy (non-hydrogen) atoms. The van der Waals surface area contributed by atoms with E-state index in [1.165, 1.54) is 6.92 Å². The number of cyclic esters (lactones) is 1. The number of ether oxygens (including phenoxy) is 9. The highest BCUT2D eigenvalue weighted by molar-refractivity contribution is 5.70. The average molecular weight is 769 g/mol. The number of hydrogen-bond acceptors (Lipinski definition) is 12. The molecule has 0 amide bonds. The molecule has 0 spiro atoms. The van der Waals surface area contributed by atoms with Gasteiger partial charge in [0.05, 0.1) is 36.4 Å². The monoisotopic (exact) mass is 769 g/mol. The first-order chi connectivity index (χ1) is 25.4. The smallest absolute Gasteiger partial charge is 0.309 e. The third-order valence-corrected chi connectivity index (χ3v) is 9.98. The van der Waals surface area contributed by atoms with Crippen LogP contribution in [0.25, 0.3) is 0 Å². The maximum Gasteiger partial charge on any atom is 0.309 e. The van der Waals surface area contributed by atoms with Crippen molar-refractivity contribution in [3.8, 4) is 0 Å². The largest absolute Gasteiger partial charge is 0.457 e. The number of esters is 2. The molecule has 1 fully saturated rings. The predicted molar refractivity (Wildman–Crippen MR) is 206 cm³/mol.